The van der Waals surface area contributed by atoms with Crippen LogP contribution in [0.1, 0.15) is 17.7 Å². The number of aromatic nitrogens is 1. The average molecular weight is 406 g/mol. The maximum Gasteiger partial charge on any atom is 0.280 e. The van der Waals surface area contributed by atoms with Gasteiger partial charge in [-0.25, -0.2) is 13.8 Å². The molecule has 0 N–H and O–H groups in total. The summed E-state index contributed by atoms with van der Waals surface area (Å²) in [5.74, 6) is 0. The van der Waals surface area contributed by atoms with Crippen LogP contribution in [0.2, 0.25) is 0 Å². The van der Waals surface area contributed by atoms with Gasteiger partial charge in [-0.15, -0.1) is 0 Å². The van der Waals surface area contributed by atoms with Crippen LogP contribution in [0.5, 0.6) is 0 Å². The number of rotatable bonds is 1. The van der Waals surface area contributed by atoms with Crippen LogP contribution < -0.4 is 0 Å². The first-order valence-electron chi connectivity index (χ1n) is 3.10. The topological polar surface area (TPSA) is 36.7 Å². The SMILES string of the molecule is N#Cc1cc(C(F)F)nc(I)c1I. The van der Waals surface area contributed by atoms with Crippen LogP contribution in [-0.4, -0.2) is 4.98 Å². The van der Waals surface area contributed by atoms with Gasteiger partial charge in [0, 0.05) is 0 Å². The van der Waals surface area contributed by atoms with Crippen molar-refractivity contribution >= 4 is 45.2 Å². The number of alkyl halides is 2. The third-order valence-corrected chi connectivity index (χ3v) is 4.19. The molecule has 1 aromatic rings. The van der Waals surface area contributed by atoms with Crippen molar-refractivity contribution in [3.63, 3.8) is 0 Å². The van der Waals surface area contributed by atoms with E-state index in [1.165, 1.54) is 0 Å². The van der Waals surface area contributed by atoms with Gasteiger partial charge in [-0.3, -0.25) is 0 Å². The van der Waals surface area contributed by atoms with Gasteiger partial charge in [0.1, 0.15) is 15.5 Å². The van der Waals surface area contributed by atoms with Crippen LogP contribution in [0.4, 0.5) is 8.78 Å². The molecule has 13 heavy (non-hydrogen) atoms. The lowest BCUT2D eigenvalue weighted by Crippen LogP contribution is -1.98. The Hall–Kier alpha value is -0.0400. The minimum atomic E-state index is -2.63. The lowest BCUT2D eigenvalue weighted by Gasteiger charge is -2.02. The largest absolute Gasteiger partial charge is 0.280 e. The fourth-order valence-electron chi connectivity index (χ4n) is 0.710. The number of hydrogen-bond acceptors (Lipinski definition) is 2. The smallest absolute Gasteiger partial charge is 0.240 e. The predicted octanol–water partition coefficient (Wildman–Crippen LogP) is 3.10. The second-order valence-electron chi connectivity index (χ2n) is 2.11. The Bertz CT molecular complexity index is 373. The summed E-state index contributed by atoms with van der Waals surface area (Å²) in [5.41, 5.74) is -0.100. The molecule has 0 aliphatic carbocycles. The number of pyridine rings is 1. The minimum Gasteiger partial charge on any atom is -0.240 e. The normalized spacial score (nSPS) is 10.2. The van der Waals surface area contributed by atoms with Gasteiger partial charge in [0.2, 0.25) is 0 Å². The molecular formula is C7H2F2I2N2. The van der Waals surface area contributed by atoms with Crippen molar-refractivity contribution in [3.8, 4) is 6.07 Å². The van der Waals surface area contributed by atoms with Crippen molar-refractivity contribution in [2.24, 2.45) is 0 Å². The molecule has 0 aromatic carbocycles. The molecule has 0 amide bonds. The summed E-state index contributed by atoms with van der Waals surface area (Å²) < 4.78 is 25.5. The summed E-state index contributed by atoms with van der Waals surface area (Å²) in [6.45, 7) is 0. The third kappa shape index (κ3) is 2.46. The fraction of sp³-hybridized carbons (Fsp3) is 0.143. The maximum atomic E-state index is 12.2. The van der Waals surface area contributed by atoms with Crippen LogP contribution in [0.25, 0.3) is 0 Å². The van der Waals surface area contributed by atoms with E-state index in [1.54, 1.807) is 0 Å². The summed E-state index contributed by atoms with van der Waals surface area (Å²) in [4.78, 5) is 3.66. The molecular weight excluding hydrogens is 404 g/mol. The van der Waals surface area contributed by atoms with Gasteiger partial charge >= 0.3 is 0 Å². The predicted molar refractivity (Wildman–Crippen MR) is 59.3 cm³/mol. The Morgan fingerprint density at radius 3 is 2.54 bits per heavy atom. The Morgan fingerprint density at radius 1 is 1.46 bits per heavy atom. The Balaban J connectivity index is 3.32. The Kier molecular flexibility index (Phi) is 3.78. The number of nitrogens with zero attached hydrogens (tertiary/aromatic N) is 2. The molecule has 1 aromatic heterocycles. The minimum absolute atomic E-state index is 0.246. The van der Waals surface area contributed by atoms with E-state index in [0.717, 1.165) is 6.07 Å². The standard InChI is InChI=1S/C7H2F2I2N2/c8-6(9)4-1-3(2-12)5(10)7(11)13-4/h1,6H. The molecule has 0 fully saturated rings. The molecule has 0 aliphatic heterocycles. The Labute approximate surface area is 101 Å². The average Bonchev–Trinajstić information content (AvgIpc) is 2.09. The van der Waals surface area contributed by atoms with E-state index in [-0.39, 0.29) is 11.3 Å². The van der Waals surface area contributed by atoms with Crippen molar-refractivity contribution in [3.05, 3.63) is 24.6 Å². The third-order valence-electron chi connectivity index (χ3n) is 1.28. The number of nitriles is 1. The molecule has 1 rings (SSSR count). The number of hydrogen-bond donors (Lipinski definition) is 0. The second-order valence-corrected chi connectivity index (χ2v) is 4.21. The molecule has 0 aliphatic rings. The molecule has 0 saturated carbocycles. The van der Waals surface area contributed by atoms with Crippen LogP contribution in [0.3, 0.4) is 0 Å². The van der Waals surface area contributed by atoms with Crippen LogP contribution in [-0.2, 0) is 0 Å². The van der Waals surface area contributed by atoms with Gasteiger partial charge in [-0.1, -0.05) is 0 Å². The van der Waals surface area contributed by atoms with Crippen molar-refractivity contribution in [1.82, 2.24) is 4.98 Å². The lowest BCUT2D eigenvalue weighted by atomic mass is 10.2. The fourth-order valence-corrected chi connectivity index (χ4v) is 1.68. The van der Waals surface area contributed by atoms with Gasteiger partial charge in [0.05, 0.1) is 9.13 Å². The molecule has 0 radical (unpaired) electrons. The molecule has 0 spiro atoms. The highest BCUT2D eigenvalue weighted by atomic mass is 127. The summed E-state index contributed by atoms with van der Waals surface area (Å²) in [6, 6.07) is 2.97. The van der Waals surface area contributed by atoms with Gasteiger partial charge < -0.3 is 0 Å². The number of halogens is 4. The first kappa shape index (κ1) is 11.0. The van der Waals surface area contributed by atoms with E-state index < -0.39 is 6.43 Å². The molecule has 2 nitrogen and oxygen atoms in total. The van der Waals surface area contributed by atoms with E-state index in [2.05, 4.69) is 4.98 Å². The molecule has 0 unspecified atom stereocenters. The van der Waals surface area contributed by atoms with E-state index in [4.69, 9.17) is 5.26 Å². The summed E-state index contributed by atoms with van der Waals surface area (Å²) in [6.07, 6.45) is -2.63. The summed E-state index contributed by atoms with van der Waals surface area (Å²) in [5, 5.41) is 8.62. The molecule has 1 heterocycles. The van der Waals surface area contributed by atoms with Gasteiger partial charge in [0.25, 0.3) is 6.43 Å². The van der Waals surface area contributed by atoms with E-state index in [9.17, 15) is 8.78 Å². The zero-order chi connectivity index (χ0) is 10.0. The molecule has 0 saturated heterocycles. The summed E-state index contributed by atoms with van der Waals surface area (Å²) >= 11 is 3.74. The summed E-state index contributed by atoms with van der Waals surface area (Å²) in [7, 11) is 0. The van der Waals surface area contributed by atoms with Gasteiger partial charge in [0.15, 0.2) is 0 Å². The maximum absolute atomic E-state index is 12.2. The van der Waals surface area contributed by atoms with Crippen molar-refractivity contribution in [2.45, 2.75) is 6.43 Å². The first-order chi connectivity index (χ1) is 6.06. The van der Waals surface area contributed by atoms with E-state index >= 15 is 0 Å². The van der Waals surface area contributed by atoms with Crippen LogP contribution >= 0.6 is 45.2 Å². The van der Waals surface area contributed by atoms with Crippen molar-refractivity contribution < 1.29 is 8.78 Å². The van der Waals surface area contributed by atoms with Crippen LogP contribution in [0.15, 0.2) is 6.07 Å². The Morgan fingerprint density at radius 2 is 2.08 bits per heavy atom. The van der Waals surface area contributed by atoms with Crippen LogP contribution in [0, 0.1) is 18.6 Å². The van der Waals surface area contributed by atoms with Gasteiger partial charge in [-0.2, -0.15) is 5.26 Å². The van der Waals surface area contributed by atoms with Gasteiger partial charge in [-0.05, 0) is 51.2 Å². The van der Waals surface area contributed by atoms with E-state index in [1.807, 2.05) is 51.3 Å². The lowest BCUT2D eigenvalue weighted by molar-refractivity contribution is 0.146. The molecule has 0 bridgehead atoms. The molecule has 0 atom stereocenters. The highest BCUT2D eigenvalue weighted by Gasteiger charge is 2.14. The highest BCUT2D eigenvalue weighted by Crippen LogP contribution is 2.23. The van der Waals surface area contributed by atoms with Crippen molar-refractivity contribution in [2.75, 3.05) is 0 Å². The molecule has 6 heteroatoms. The zero-order valence-corrected chi connectivity index (χ0v) is 10.4. The first-order valence-corrected chi connectivity index (χ1v) is 5.26. The van der Waals surface area contributed by atoms with E-state index in [0.29, 0.717) is 7.27 Å². The zero-order valence-electron chi connectivity index (χ0n) is 6.06. The second kappa shape index (κ2) is 4.45. The molecule has 68 valence electrons. The monoisotopic (exact) mass is 406 g/mol. The van der Waals surface area contributed by atoms with Crippen molar-refractivity contribution in [1.29, 1.82) is 5.26 Å². The quantitative estimate of drug-likeness (QED) is 0.531. The highest BCUT2D eigenvalue weighted by molar-refractivity contribution is 14.1.